The van der Waals surface area contributed by atoms with Crippen LogP contribution in [0.2, 0.25) is 25.7 Å². The number of carbonyl (C=O) groups excluding carboxylic acids is 1. The van der Waals surface area contributed by atoms with Gasteiger partial charge in [-0.1, -0.05) is 25.7 Å². The average Bonchev–Trinajstić information content (AvgIpc) is 3.43. The first-order valence-electron chi connectivity index (χ1n) is 12.9. The van der Waals surface area contributed by atoms with Crippen LogP contribution in [0.1, 0.15) is 16.1 Å². The summed E-state index contributed by atoms with van der Waals surface area (Å²) in [6.45, 7) is 8.25. The molecule has 4 heterocycles. The molecule has 4 aromatic heterocycles. The highest BCUT2D eigenvalue weighted by Crippen LogP contribution is 2.29. The summed E-state index contributed by atoms with van der Waals surface area (Å²) < 4.78 is 23.2. The quantitative estimate of drug-likeness (QED) is 0.200. The van der Waals surface area contributed by atoms with Crippen molar-refractivity contribution in [2.45, 2.75) is 38.8 Å². The molecule has 0 aliphatic carbocycles. The normalized spacial score (nSPS) is 11.9. The minimum absolute atomic E-state index is 0.254. The fourth-order valence-corrected chi connectivity index (χ4v) is 5.09. The highest BCUT2D eigenvalue weighted by Gasteiger charge is 2.21. The number of benzene rings is 1. The van der Waals surface area contributed by atoms with Gasteiger partial charge in [-0.25, -0.2) is 14.4 Å². The molecule has 1 N–H and O–H groups in total. The first-order chi connectivity index (χ1) is 18.7. The number of aryl methyl sites for hydroxylation is 1. The number of ether oxygens (including phenoxy) is 1. The average molecular weight is 546 g/mol. The molecular formula is C28H32FN7O2Si. The Hall–Kier alpha value is -3.96. The summed E-state index contributed by atoms with van der Waals surface area (Å²) in [5.41, 5.74) is 4.03. The number of rotatable bonds is 10. The number of amides is 1. The monoisotopic (exact) mass is 545 g/mol. The number of carbonyl (C=O) groups is 1. The lowest BCUT2D eigenvalue weighted by Crippen LogP contribution is -2.26. The molecule has 9 nitrogen and oxygen atoms in total. The van der Waals surface area contributed by atoms with Gasteiger partial charge in [-0.15, -0.1) is 0 Å². The summed E-state index contributed by atoms with van der Waals surface area (Å²) in [4.78, 5) is 27.1. The number of hydrogen-bond acceptors (Lipinski definition) is 6. The van der Waals surface area contributed by atoms with Crippen molar-refractivity contribution in [1.82, 2.24) is 34.6 Å². The second-order valence-corrected chi connectivity index (χ2v) is 16.4. The Morgan fingerprint density at radius 3 is 2.77 bits per heavy atom. The molecule has 0 saturated heterocycles. The predicted molar refractivity (Wildman–Crippen MR) is 152 cm³/mol. The van der Waals surface area contributed by atoms with Crippen molar-refractivity contribution in [3.63, 3.8) is 0 Å². The molecule has 0 unspecified atom stereocenters. The summed E-state index contributed by atoms with van der Waals surface area (Å²) in [7, 11) is 0.518. The zero-order valence-electron chi connectivity index (χ0n) is 22.6. The number of halogens is 1. The van der Waals surface area contributed by atoms with Gasteiger partial charge in [0, 0.05) is 58.2 Å². The number of fused-ring (bicyclic) bond motifs is 2. The van der Waals surface area contributed by atoms with E-state index in [2.05, 4.69) is 40.0 Å². The molecule has 0 aliphatic heterocycles. The smallest absolute Gasteiger partial charge is 0.255 e. The molecule has 1 amide bonds. The summed E-state index contributed by atoms with van der Waals surface area (Å²) in [5.74, 6) is -0.592. The van der Waals surface area contributed by atoms with E-state index in [1.54, 1.807) is 36.4 Å². The van der Waals surface area contributed by atoms with Crippen LogP contribution in [0.4, 0.5) is 4.39 Å². The van der Waals surface area contributed by atoms with Crippen molar-refractivity contribution < 1.29 is 13.9 Å². The molecule has 39 heavy (non-hydrogen) atoms. The second-order valence-electron chi connectivity index (χ2n) is 10.7. The van der Waals surface area contributed by atoms with Crippen LogP contribution < -0.4 is 5.32 Å². The lowest BCUT2D eigenvalue weighted by Gasteiger charge is -2.15. The molecular weight excluding hydrogens is 513 g/mol. The number of nitrogens with zero attached hydrogens (tertiary/aromatic N) is 6. The standard InChI is InChI=1S/C28H32FN7O2Si/c1-35-24-15-19(29)8-9-21(24)25(34-35)23-16-32-27-26(33-23)22(17-36(27)18-38-13-14-39(2,3)4)28(37)31-12-10-20-7-5-6-11-30-20/h5-9,11,15-17H,10,12-14,18H2,1-4H3,(H,31,37). The van der Waals surface area contributed by atoms with Gasteiger partial charge in [-0.05, 0) is 36.4 Å². The van der Waals surface area contributed by atoms with E-state index in [1.807, 2.05) is 22.8 Å². The Labute approximate surface area is 227 Å². The Morgan fingerprint density at radius 2 is 2.00 bits per heavy atom. The van der Waals surface area contributed by atoms with Gasteiger partial charge < -0.3 is 14.6 Å². The van der Waals surface area contributed by atoms with Gasteiger partial charge >= 0.3 is 0 Å². The first-order valence-corrected chi connectivity index (χ1v) is 16.6. The van der Waals surface area contributed by atoms with Gasteiger partial charge in [0.25, 0.3) is 5.91 Å². The van der Waals surface area contributed by atoms with Gasteiger partial charge in [-0.2, -0.15) is 5.10 Å². The Balaban J connectivity index is 1.46. The van der Waals surface area contributed by atoms with Crippen molar-refractivity contribution in [2.75, 3.05) is 13.2 Å². The van der Waals surface area contributed by atoms with E-state index in [0.29, 0.717) is 53.2 Å². The Kier molecular flexibility index (Phi) is 7.53. The van der Waals surface area contributed by atoms with Crippen LogP contribution in [0.25, 0.3) is 33.5 Å². The van der Waals surface area contributed by atoms with E-state index >= 15 is 0 Å². The van der Waals surface area contributed by atoms with Crippen molar-refractivity contribution in [1.29, 1.82) is 0 Å². The molecule has 5 aromatic rings. The zero-order valence-corrected chi connectivity index (χ0v) is 23.6. The first kappa shape index (κ1) is 26.6. The highest BCUT2D eigenvalue weighted by molar-refractivity contribution is 6.76. The number of pyridine rings is 1. The fraction of sp³-hybridized carbons (Fsp3) is 0.321. The minimum atomic E-state index is -1.24. The van der Waals surface area contributed by atoms with Crippen LogP contribution in [-0.2, 0) is 24.9 Å². The maximum Gasteiger partial charge on any atom is 0.255 e. The maximum atomic E-state index is 13.9. The molecule has 202 valence electrons. The summed E-state index contributed by atoms with van der Waals surface area (Å²) in [6.07, 6.45) is 5.72. The molecule has 0 aliphatic rings. The molecule has 0 atom stereocenters. The van der Waals surface area contributed by atoms with Crippen molar-refractivity contribution >= 4 is 36.0 Å². The van der Waals surface area contributed by atoms with E-state index < -0.39 is 8.07 Å². The van der Waals surface area contributed by atoms with Crippen LogP contribution in [0, 0.1) is 5.82 Å². The van der Waals surface area contributed by atoms with Crippen LogP contribution >= 0.6 is 0 Å². The largest absolute Gasteiger partial charge is 0.361 e. The van der Waals surface area contributed by atoms with Gasteiger partial charge in [0.15, 0.2) is 5.65 Å². The number of hydrogen-bond donors (Lipinski definition) is 1. The maximum absolute atomic E-state index is 13.9. The molecule has 0 saturated carbocycles. The lowest BCUT2D eigenvalue weighted by atomic mass is 10.1. The Morgan fingerprint density at radius 1 is 1.15 bits per heavy atom. The van der Waals surface area contributed by atoms with Gasteiger partial charge in [-0.3, -0.25) is 14.5 Å². The van der Waals surface area contributed by atoms with E-state index in [4.69, 9.17) is 9.72 Å². The van der Waals surface area contributed by atoms with Crippen molar-refractivity contribution in [3.05, 3.63) is 72.1 Å². The van der Waals surface area contributed by atoms with Gasteiger partial charge in [0.2, 0.25) is 0 Å². The summed E-state index contributed by atoms with van der Waals surface area (Å²) in [6, 6.07) is 11.3. The number of aromatic nitrogens is 6. The lowest BCUT2D eigenvalue weighted by molar-refractivity contribution is 0.0892. The van der Waals surface area contributed by atoms with Crippen molar-refractivity contribution in [3.8, 4) is 11.4 Å². The topological polar surface area (TPSA) is 99.8 Å². The van der Waals surface area contributed by atoms with Crippen LogP contribution in [-0.4, -0.2) is 56.4 Å². The third kappa shape index (κ3) is 6.04. The molecule has 5 rings (SSSR count). The fourth-order valence-electron chi connectivity index (χ4n) is 4.34. The van der Waals surface area contributed by atoms with E-state index in [0.717, 1.165) is 17.1 Å². The molecule has 0 radical (unpaired) electrons. The molecule has 0 fully saturated rings. The SMILES string of the molecule is Cn1nc(-c2cnc3c(n2)c(C(=O)NCCc2ccccn2)cn3COCC[Si](C)(C)C)c2ccc(F)cc21. The molecule has 1 aromatic carbocycles. The second kappa shape index (κ2) is 11.0. The zero-order chi connectivity index (χ0) is 27.6. The van der Waals surface area contributed by atoms with Crippen molar-refractivity contribution in [2.24, 2.45) is 7.05 Å². The Bertz CT molecular complexity index is 1630. The minimum Gasteiger partial charge on any atom is -0.361 e. The van der Waals surface area contributed by atoms with Crippen LogP contribution in [0.5, 0.6) is 0 Å². The van der Waals surface area contributed by atoms with E-state index in [9.17, 15) is 9.18 Å². The molecule has 0 spiro atoms. The van der Waals surface area contributed by atoms with Gasteiger partial charge in [0.05, 0.1) is 17.3 Å². The predicted octanol–water partition coefficient (Wildman–Crippen LogP) is 4.80. The summed E-state index contributed by atoms with van der Waals surface area (Å²) in [5, 5.41) is 8.30. The van der Waals surface area contributed by atoms with E-state index in [-0.39, 0.29) is 18.5 Å². The molecule has 0 bridgehead atoms. The highest BCUT2D eigenvalue weighted by atomic mass is 28.3. The molecule has 11 heteroatoms. The third-order valence-electron chi connectivity index (χ3n) is 6.49. The van der Waals surface area contributed by atoms with Crippen LogP contribution in [0.3, 0.4) is 0 Å². The van der Waals surface area contributed by atoms with Crippen LogP contribution in [0.15, 0.2) is 55.0 Å². The number of nitrogens with one attached hydrogen (secondary N) is 1. The third-order valence-corrected chi connectivity index (χ3v) is 8.19. The van der Waals surface area contributed by atoms with E-state index in [1.165, 1.54) is 12.1 Å². The summed E-state index contributed by atoms with van der Waals surface area (Å²) >= 11 is 0. The van der Waals surface area contributed by atoms with Gasteiger partial charge in [0.1, 0.15) is 29.5 Å².